The number of rotatable bonds is 0. The number of carbonyl (C=O) groups excluding carboxylic acids is 1. The number of furan rings is 1. The second kappa shape index (κ2) is 2.63. The number of hydrogen-bond donors (Lipinski definition) is 0. The summed E-state index contributed by atoms with van der Waals surface area (Å²) in [4.78, 5) is 12.1. The van der Waals surface area contributed by atoms with Gasteiger partial charge in [0.25, 0.3) is 0 Å². The van der Waals surface area contributed by atoms with Gasteiger partial charge in [-0.15, -0.1) is 0 Å². The lowest BCUT2D eigenvalue weighted by atomic mass is 9.60. The average Bonchev–Trinajstić information content (AvgIpc) is 2.44. The molecule has 1 aromatic rings. The van der Waals surface area contributed by atoms with Crippen molar-refractivity contribution in [2.24, 2.45) is 5.41 Å². The molecule has 2 aliphatic carbocycles. The number of fused-ring (bicyclic) bond motifs is 1. The van der Waals surface area contributed by atoms with Crippen molar-refractivity contribution in [2.45, 2.75) is 32.1 Å². The smallest absolute Gasteiger partial charge is 0.194 e. The Bertz CT molecular complexity index is 401. The summed E-state index contributed by atoms with van der Waals surface area (Å²) in [7, 11) is 0. The van der Waals surface area contributed by atoms with E-state index >= 15 is 0 Å². The lowest BCUT2D eigenvalue weighted by molar-refractivity contribution is 0.0544. The zero-order valence-electron chi connectivity index (χ0n) is 7.81. The van der Waals surface area contributed by atoms with Crippen LogP contribution in [0.25, 0.3) is 0 Å². The Kier molecular flexibility index (Phi) is 1.61. The van der Waals surface area contributed by atoms with Crippen molar-refractivity contribution in [3.63, 3.8) is 0 Å². The topological polar surface area (TPSA) is 30.2 Å². The van der Waals surface area contributed by atoms with E-state index in [9.17, 15) is 4.79 Å². The molecule has 1 saturated carbocycles. The van der Waals surface area contributed by atoms with Gasteiger partial charge >= 0.3 is 0 Å². The molecule has 0 unspecified atom stereocenters. The van der Waals surface area contributed by atoms with Crippen LogP contribution in [-0.4, -0.2) is 5.78 Å². The molecule has 0 aliphatic heterocycles. The quantitative estimate of drug-likeness (QED) is 0.658. The average molecular weight is 211 g/mol. The number of aryl methyl sites for hydroxylation is 1. The minimum atomic E-state index is -0.0415. The number of Topliss-reactive ketones (excluding diaryl/α,β-unsaturated/α-hetero) is 1. The Morgan fingerprint density at radius 3 is 2.79 bits per heavy atom. The molecule has 0 N–H and O–H groups in total. The Morgan fingerprint density at radius 2 is 2.14 bits per heavy atom. The predicted molar refractivity (Wildman–Crippen MR) is 52.7 cm³/mol. The Morgan fingerprint density at radius 1 is 1.36 bits per heavy atom. The molecule has 2 aliphatic rings. The van der Waals surface area contributed by atoms with Crippen LogP contribution in [0.3, 0.4) is 0 Å². The minimum absolute atomic E-state index is 0.0415. The molecule has 1 heterocycles. The minimum Gasteiger partial charge on any atom is -0.449 e. The molecular formula is C11H11ClO2. The normalized spacial score (nSPS) is 23.4. The highest BCUT2D eigenvalue weighted by Crippen LogP contribution is 2.50. The van der Waals surface area contributed by atoms with Crippen molar-refractivity contribution in [3.05, 3.63) is 22.6 Å². The van der Waals surface area contributed by atoms with E-state index in [1.807, 2.05) is 0 Å². The summed E-state index contributed by atoms with van der Waals surface area (Å²) in [6.07, 6.45) is 5.10. The first-order chi connectivity index (χ1) is 6.71. The van der Waals surface area contributed by atoms with Crippen LogP contribution in [-0.2, 0) is 6.42 Å². The lowest BCUT2D eigenvalue weighted by Gasteiger charge is -2.42. The maximum absolute atomic E-state index is 12.1. The van der Waals surface area contributed by atoms with Gasteiger partial charge in [-0.05, 0) is 30.9 Å². The molecular weight excluding hydrogens is 200 g/mol. The second-order valence-electron chi connectivity index (χ2n) is 4.35. The van der Waals surface area contributed by atoms with Gasteiger partial charge in [-0.1, -0.05) is 6.42 Å². The number of hydrogen-bond acceptors (Lipinski definition) is 2. The van der Waals surface area contributed by atoms with Crippen LogP contribution in [0.4, 0.5) is 0 Å². The molecule has 0 aromatic carbocycles. The van der Waals surface area contributed by atoms with E-state index in [-0.39, 0.29) is 11.2 Å². The third-order valence-electron chi connectivity index (χ3n) is 3.65. The highest BCUT2D eigenvalue weighted by Gasteiger charge is 2.47. The summed E-state index contributed by atoms with van der Waals surface area (Å²) in [6, 6.07) is 1.68. The standard InChI is InChI=1S/C11H11ClO2/c12-9-6-7-8(14-9)2-5-11(10(7)13)3-1-4-11/h6H,1-5H2. The van der Waals surface area contributed by atoms with Gasteiger partial charge in [0.1, 0.15) is 5.76 Å². The largest absolute Gasteiger partial charge is 0.449 e. The Hall–Kier alpha value is -0.760. The van der Waals surface area contributed by atoms with Crippen LogP contribution >= 0.6 is 11.6 Å². The van der Waals surface area contributed by atoms with Gasteiger partial charge in [-0.25, -0.2) is 0 Å². The maximum Gasteiger partial charge on any atom is 0.194 e. The second-order valence-corrected chi connectivity index (χ2v) is 4.72. The first-order valence-electron chi connectivity index (χ1n) is 5.04. The molecule has 0 saturated heterocycles. The van der Waals surface area contributed by atoms with Crippen LogP contribution in [0.5, 0.6) is 0 Å². The van der Waals surface area contributed by atoms with Crippen molar-refractivity contribution in [1.29, 1.82) is 0 Å². The molecule has 0 amide bonds. The third kappa shape index (κ3) is 0.949. The number of halogens is 1. The van der Waals surface area contributed by atoms with Crippen molar-refractivity contribution >= 4 is 17.4 Å². The monoisotopic (exact) mass is 210 g/mol. The third-order valence-corrected chi connectivity index (χ3v) is 3.83. The fourth-order valence-corrected chi connectivity index (χ4v) is 2.81. The molecule has 14 heavy (non-hydrogen) atoms. The van der Waals surface area contributed by atoms with E-state index in [1.165, 1.54) is 6.42 Å². The summed E-state index contributed by atoms with van der Waals surface area (Å²) in [5.74, 6) is 1.05. The molecule has 3 heteroatoms. The summed E-state index contributed by atoms with van der Waals surface area (Å²) >= 11 is 5.75. The van der Waals surface area contributed by atoms with E-state index in [0.717, 1.165) is 37.0 Å². The molecule has 3 rings (SSSR count). The van der Waals surface area contributed by atoms with Crippen LogP contribution in [0.1, 0.15) is 41.8 Å². The molecule has 0 radical (unpaired) electrons. The van der Waals surface area contributed by atoms with Crippen molar-refractivity contribution in [1.82, 2.24) is 0 Å². The summed E-state index contributed by atoms with van der Waals surface area (Å²) in [5, 5.41) is 0.347. The van der Waals surface area contributed by atoms with Crippen LogP contribution in [0.15, 0.2) is 10.5 Å². The van der Waals surface area contributed by atoms with E-state index in [0.29, 0.717) is 5.22 Å². The molecule has 2 nitrogen and oxygen atoms in total. The predicted octanol–water partition coefficient (Wildman–Crippen LogP) is 3.23. The van der Waals surface area contributed by atoms with Crippen LogP contribution in [0.2, 0.25) is 5.22 Å². The zero-order chi connectivity index (χ0) is 9.76. The fourth-order valence-electron chi connectivity index (χ4n) is 2.61. The lowest BCUT2D eigenvalue weighted by Crippen LogP contribution is -2.41. The molecule has 1 fully saturated rings. The summed E-state index contributed by atoms with van der Waals surface area (Å²) < 4.78 is 5.28. The molecule has 0 atom stereocenters. The van der Waals surface area contributed by atoms with Crippen molar-refractivity contribution in [3.8, 4) is 0 Å². The summed E-state index contributed by atoms with van der Waals surface area (Å²) in [5.41, 5.74) is 0.696. The van der Waals surface area contributed by atoms with E-state index in [4.69, 9.17) is 16.0 Å². The van der Waals surface area contributed by atoms with Crippen molar-refractivity contribution < 1.29 is 9.21 Å². The Balaban J connectivity index is 2.06. The molecule has 1 spiro atoms. The van der Waals surface area contributed by atoms with Gasteiger partial charge in [0.05, 0.1) is 5.56 Å². The van der Waals surface area contributed by atoms with Gasteiger partial charge in [0.15, 0.2) is 11.0 Å². The fraction of sp³-hybridized carbons (Fsp3) is 0.545. The van der Waals surface area contributed by atoms with Gasteiger partial charge in [0.2, 0.25) is 0 Å². The van der Waals surface area contributed by atoms with Gasteiger partial charge < -0.3 is 4.42 Å². The first-order valence-corrected chi connectivity index (χ1v) is 5.42. The van der Waals surface area contributed by atoms with Crippen molar-refractivity contribution in [2.75, 3.05) is 0 Å². The van der Waals surface area contributed by atoms with E-state index in [2.05, 4.69) is 0 Å². The van der Waals surface area contributed by atoms with E-state index < -0.39 is 0 Å². The van der Waals surface area contributed by atoms with Gasteiger partial charge in [-0.2, -0.15) is 0 Å². The number of carbonyl (C=O) groups is 1. The molecule has 0 bridgehead atoms. The Labute approximate surface area is 87.2 Å². The number of ketones is 1. The van der Waals surface area contributed by atoms with Gasteiger partial charge in [-0.3, -0.25) is 4.79 Å². The molecule has 74 valence electrons. The highest BCUT2D eigenvalue weighted by molar-refractivity contribution is 6.29. The zero-order valence-corrected chi connectivity index (χ0v) is 8.56. The first kappa shape index (κ1) is 8.54. The maximum atomic E-state index is 12.1. The van der Waals surface area contributed by atoms with Gasteiger partial charge in [0, 0.05) is 17.9 Å². The SMILES string of the molecule is O=C1c2cc(Cl)oc2CCC12CCC2. The summed E-state index contributed by atoms with van der Waals surface area (Å²) in [6.45, 7) is 0. The van der Waals surface area contributed by atoms with Crippen LogP contribution in [0, 0.1) is 5.41 Å². The highest BCUT2D eigenvalue weighted by atomic mass is 35.5. The van der Waals surface area contributed by atoms with Crippen LogP contribution < -0.4 is 0 Å². The molecule has 1 aromatic heterocycles. The van der Waals surface area contributed by atoms with E-state index in [1.54, 1.807) is 6.07 Å².